The van der Waals surface area contributed by atoms with Gasteiger partial charge < -0.3 is 5.73 Å². The summed E-state index contributed by atoms with van der Waals surface area (Å²) < 4.78 is 26.4. The summed E-state index contributed by atoms with van der Waals surface area (Å²) in [7, 11) is 0. The van der Waals surface area contributed by atoms with Crippen LogP contribution >= 0.6 is 0 Å². The first kappa shape index (κ1) is 14.4. The van der Waals surface area contributed by atoms with E-state index in [1.54, 1.807) is 6.07 Å². The van der Waals surface area contributed by atoms with E-state index < -0.39 is 17.2 Å². The monoisotopic (exact) mass is 267 g/mol. The standard InChI is InChI=1S/C16H23F2N/c1-11(2)12-4-3-8-16(19,9-7-12)13-5-6-14(17)15(18)10-13/h5-6,10-12H,3-4,7-9,19H2,1-2H3. The Balaban J connectivity index is 2.20. The molecule has 1 aliphatic carbocycles. The van der Waals surface area contributed by atoms with E-state index in [9.17, 15) is 8.78 Å². The third-order valence-corrected chi connectivity index (χ3v) is 4.60. The lowest BCUT2D eigenvalue weighted by Gasteiger charge is -2.29. The SMILES string of the molecule is CC(C)C1CCCC(N)(c2ccc(F)c(F)c2)CC1. The molecule has 0 radical (unpaired) electrons. The van der Waals surface area contributed by atoms with Crippen molar-refractivity contribution in [3.05, 3.63) is 35.4 Å². The highest BCUT2D eigenvalue weighted by Crippen LogP contribution is 2.38. The number of halogens is 2. The normalized spacial score (nSPS) is 28.4. The van der Waals surface area contributed by atoms with Crippen LogP contribution in [-0.4, -0.2) is 0 Å². The summed E-state index contributed by atoms with van der Waals surface area (Å²) in [5.74, 6) is -0.254. The van der Waals surface area contributed by atoms with Crippen LogP contribution in [0.3, 0.4) is 0 Å². The first-order chi connectivity index (χ1) is 8.92. The molecule has 3 heteroatoms. The molecule has 0 heterocycles. The highest BCUT2D eigenvalue weighted by molar-refractivity contribution is 5.26. The summed E-state index contributed by atoms with van der Waals surface area (Å²) in [6.45, 7) is 4.48. The van der Waals surface area contributed by atoms with E-state index in [-0.39, 0.29) is 0 Å². The summed E-state index contributed by atoms with van der Waals surface area (Å²) in [4.78, 5) is 0. The smallest absolute Gasteiger partial charge is 0.159 e. The van der Waals surface area contributed by atoms with Crippen molar-refractivity contribution < 1.29 is 8.78 Å². The first-order valence-electron chi connectivity index (χ1n) is 7.17. The molecule has 1 aromatic carbocycles. The maximum atomic E-state index is 13.4. The summed E-state index contributed by atoms with van der Waals surface area (Å²) >= 11 is 0. The fourth-order valence-electron chi connectivity index (χ4n) is 3.15. The highest BCUT2D eigenvalue weighted by Gasteiger charge is 2.32. The predicted molar refractivity (Wildman–Crippen MR) is 73.6 cm³/mol. The summed E-state index contributed by atoms with van der Waals surface area (Å²) in [5, 5.41) is 0. The molecule has 2 rings (SSSR count). The molecule has 1 nitrogen and oxygen atoms in total. The molecular weight excluding hydrogens is 244 g/mol. The molecule has 2 atom stereocenters. The van der Waals surface area contributed by atoms with Crippen LogP contribution < -0.4 is 5.73 Å². The number of benzene rings is 1. The predicted octanol–water partition coefficient (Wildman–Crippen LogP) is 4.36. The van der Waals surface area contributed by atoms with Crippen LogP contribution in [0.2, 0.25) is 0 Å². The second-order valence-electron chi connectivity index (χ2n) is 6.22. The van der Waals surface area contributed by atoms with Crippen molar-refractivity contribution in [3.63, 3.8) is 0 Å². The van der Waals surface area contributed by atoms with Crippen LogP contribution in [0.5, 0.6) is 0 Å². The van der Waals surface area contributed by atoms with Gasteiger partial charge in [0.15, 0.2) is 11.6 Å². The number of nitrogens with two attached hydrogens (primary N) is 1. The van der Waals surface area contributed by atoms with Crippen molar-refractivity contribution in [2.45, 2.75) is 51.5 Å². The van der Waals surface area contributed by atoms with Crippen molar-refractivity contribution in [1.29, 1.82) is 0 Å². The molecule has 1 saturated carbocycles. The minimum Gasteiger partial charge on any atom is -0.321 e. The van der Waals surface area contributed by atoms with E-state index in [1.165, 1.54) is 18.6 Å². The molecule has 1 aliphatic rings. The molecule has 1 aromatic rings. The zero-order valence-electron chi connectivity index (χ0n) is 11.8. The van der Waals surface area contributed by atoms with Crippen molar-refractivity contribution in [1.82, 2.24) is 0 Å². The maximum absolute atomic E-state index is 13.4. The van der Waals surface area contributed by atoms with Crippen molar-refractivity contribution in [2.24, 2.45) is 17.6 Å². The molecule has 106 valence electrons. The molecule has 0 saturated heterocycles. The zero-order chi connectivity index (χ0) is 14.0. The average molecular weight is 267 g/mol. The molecule has 2 N–H and O–H groups in total. The van der Waals surface area contributed by atoms with Crippen LogP contribution in [0.15, 0.2) is 18.2 Å². The van der Waals surface area contributed by atoms with Gasteiger partial charge in [-0.15, -0.1) is 0 Å². The lowest BCUT2D eigenvalue weighted by atomic mass is 9.82. The van der Waals surface area contributed by atoms with Gasteiger partial charge in [0.2, 0.25) is 0 Å². The zero-order valence-corrected chi connectivity index (χ0v) is 11.8. The van der Waals surface area contributed by atoms with Gasteiger partial charge in [0.05, 0.1) is 0 Å². The van der Waals surface area contributed by atoms with E-state index in [0.29, 0.717) is 11.8 Å². The number of hydrogen-bond acceptors (Lipinski definition) is 1. The number of rotatable bonds is 2. The second-order valence-corrected chi connectivity index (χ2v) is 6.22. The van der Waals surface area contributed by atoms with Crippen LogP contribution in [0.4, 0.5) is 8.78 Å². The molecule has 0 aliphatic heterocycles. The lowest BCUT2D eigenvalue weighted by molar-refractivity contribution is 0.324. The van der Waals surface area contributed by atoms with Gasteiger partial charge in [-0.25, -0.2) is 8.78 Å². The van der Waals surface area contributed by atoms with E-state index in [2.05, 4.69) is 13.8 Å². The Labute approximate surface area is 114 Å². The topological polar surface area (TPSA) is 26.0 Å². The van der Waals surface area contributed by atoms with Crippen molar-refractivity contribution >= 4 is 0 Å². The van der Waals surface area contributed by atoms with Gasteiger partial charge in [0.25, 0.3) is 0 Å². The molecule has 19 heavy (non-hydrogen) atoms. The largest absolute Gasteiger partial charge is 0.321 e. The van der Waals surface area contributed by atoms with Gasteiger partial charge in [-0.05, 0) is 48.8 Å². The Morgan fingerprint density at radius 2 is 1.89 bits per heavy atom. The molecule has 0 amide bonds. The summed E-state index contributed by atoms with van der Waals surface area (Å²) in [6.07, 6.45) is 4.99. The van der Waals surface area contributed by atoms with Gasteiger partial charge in [0, 0.05) is 5.54 Å². The van der Waals surface area contributed by atoms with E-state index in [1.807, 2.05) is 0 Å². The molecular formula is C16H23F2N. The molecule has 0 spiro atoms. The Morgan fingerprint density at radius 1 is 1.16 bits per heavy atom. The van der Waals surface area contributed by atoms with Gasteiger partial charge in [-0.3, -0.25) is 0 Å². The third kappa shape index (κ3) is 3.14. The van der Waals surface area contributed by atoms with Gasteiger partial charge in [0.1, 0.15) is 0 Å². The Kier molecular flexibility index (Phi) is 4.24. The average Bonchev–Trinajstić information content (AvgIpc) is 2.56. The van der Waals surface area contributed by atoms with Crippen LogP contribution in [0, 0.1) is 23.5 Å². The molecule has 0 aromatic heterocycles. The van der Waals surface area contributed by atoms with Crippen LogP contribution in [0.1, 0.15) is 51.5 Å². The van der Waals surface area contributed by atoms with Crippen LogP contribution in [0.25, 0.3) is 0 Å². The third-order valence-electron chi connectivity index (χ3n) is 4.60. The Hall–Kier alpha value is -0.960. The molecule has 1 fully saturated rings. The van der Waals surface area contributed by atoms with E-state index >= 15 is 0 Å². The Morgan fingerprint density at radius 3 is 2.53 bits per heavy atom. The van der Waals surface area contributed by atoms with Crippen molar-refractivity contribution in [3.8, 4) is 0 Å². The summed E-state index contributed by atoms with van der Waals surface area (Å²) in [5.41, 5.74) is 6.70. The quantitative estimate of drug-likeness (QED) is 0.792. The van der Waals surface area contributed by atoms with Gasteiger partial charge >= 0.3 is 0 Å². The first-order valence-corrected chi connectivity index (χ1v) is 7.17. The Bertz CT molecular complexity index is 444. The van der Waals surface area contributed by atoms with Gasteiger partial charge in [-0.1, -0.05) is 32.8 Å². The van der Waals surface area contributed by atoms with Crippen molar-refractivity contribution in [2.75, 3.05) is 0 Å². The van der Waals surface area contributed by atoms with E-state index in [4.69, 9.17) is 5.73 Å². The fraction of sp³-hybridized carbons (Fsp3) is 0.625. The molecule has 2 unspecified atom stereocenters. The minimum absolute atomic E-state index is 0.502. The fourth-order valence-corrected chi connectivity index (χ4v) is 3.15. The maximum Gasteiger partial charge on any atom is 0.159 e. The van der Waals surface area contributed by atoms with Crippen LogP contribution in [-0.2, 0) is 5.54 Å². The lowest BCUT2D eigenvalue weighted by Crippen LogP contribution is -2.36. The number of hydrogen-bond donors (Lipinski definition) is 1. The highest BCUT2D eigenvalue weighted by atomic mass is 19.2. The summed E-state index contributed by atoms with van der Waals surface area (Å²) in [6, 6.07) is 4.09. The van der Waals surface area contributed by atoms with E-state index in [0.717, 1.165) is 31.2 Å². The van der Waals surface area contributed by atoms with Gasteiger partial charge in [-0.2, -0.15) is 0 Å². The molecule has 0 bridgehead atoms. The second kappa shape index (κ2) is 5.58. The minimum atomic E-state index is -0.805.